The molecule has 1 fully saturated rings. The lowest BCUT2D eigenvalue weighted by molar-refractivity contribution is -0.137. The van der Waals surface area contributed by atoms with Crippen molar-refractivity contribution in [2.24, 2.45) is 5.92 Å². The molecule has 4 heteroatoms. The van der Waals surface area contributed by atoms with Crippen molar-refractivity contribution < 1.29 is 19.4 Å². The van der Waals surface area contributed by atoms with Gasteiger partial charge in [0.1, 0.15) is 0 Å². The molecule has 1 rings (SSSR count). The highest BCUT2D eigenvalue weighted by atomic mass is 16.5. The number of hydrogen-bond donors (Lipinski definition) is 1. The van der Waals surface area contributed by atoms with Crippen LogP contribution >= 0.6 is 0 Å². The number of ether oxygens (including phenoxy) is 2. The van der Waals surface area contributed by atoms with Gasteiger partial charge in [-0.05, 0) is 32.1 Å². The first-order valence-corrected chi connectivity index (χ1v) is 6.30. The van der Waals surface area contributed by atoms with E-state index in [0.29, 0.717) is 19.1 Å². The van der Waals surface area contributed by atoms with Crippen LogP contribution in [0.1, 0.15) is 33.1 Å². The minimum Gasteiger partial charge on any atom is -0.463 e. The third kappa shape index (κ3) is 4.88. The first kappa shape index (κ1) is 14.2. The number of rotatable bonds is 6. The number of allylic oxidation sites excluding steroid dienone is 1. The molecule has 1 N–H and O–H groups in total. The summed E-state index contributed by atoms with van der Waals surface area (Å²) in [6.45, 7) is 4.80. The van der Waals surface area contributed by atoms with Crippen LogP contribution in [-0.2, 0) is 14.3 Å². The molecule has 0 aromatic heterocycles. The molecule has 0 bridgehead atoms. The Kier molecular flexibility index (Phi) is 6.22. The van der Waals surface area contributed by atoms with Gasteiger partial charge in [0.05, 0.1) is 25.4 Å². The Hall–Kier alpha value is -0.870. The highest BCUT2D eigenvalue weighted by Crippen LogP contribution is 2.25. The molecule has 4 nitrogen and oxygen atoms in total. The number of esters is 1. The average Bonchev–Trinajstić information content (AvgIpc) is 2.77. The average molecular weight is 242 g/mol. The Bertz CT molecular complexity index is 262. The first-order chi connectivity index (χ1) is 8.17. The van der Waals surface area contributed by atoms with Crippen molar-refractivity contribution >= 4 is 5.97 Å². The molecular weight excluding hydrogens is 220 g/mol. The van der Waals surface area contributed by atoms with Crippen molar-refractivity contribution in [1.82, 2.24) is 0 Å². The second kappa shape index (κ2) is 7.45. The number of carbonyl (C=O) groups is 1. The third-order valence-corrected chi connectivity index (χ3v) is 2.97. The summed E-state index contributed by atoms with van der Waals surface area (Å²) in [5.74, 6) is 0.100. The third-order valence-electron chi connectivity index (χ3n) is 2.97. The fourth-order valence-corrected chi connectivity index (χ4v) is 1.97. The maximum atomic E-state index is 11.1. The molecule has 1 aliphatic rings. The van der Waals surface area contributed by atoms with Crippen molar-refractivity contribution in [2.45, 2.75) is 45.3 Å². The lowest BCUT2D eigenvalue weighted by atomic mass is 9.98. The molecule has 0 aliphatic carbocycles. The maximum absolute atomic E-state index is 11.1. The Labute approximate surface area is 103 Å². The summed E-state index contributed by atoms with van der Waals surface area (Å²) >= 11 is 0. The van der Waals surface area contributed by atoms with Crippen molar-refractivity contribution in [3.8, 4) is 0 Å². The van der Waals surface area contributed by atoms with Gasteiger partial charge in [0.2, 0.25) is 0 Å². The van der Waals surface area contributed by atoms with Gasteiger partial charge in [-0.2, -0.15) is 0 Å². The van der Waals surface area contributed by atoms with Gasteiger partial charge >= 0.3 is 5.97 Å². The van der Waals surface area contributed by atoms with Crippen LogP contribution in [0.15, 0.2) is 12.2 Å². The lowest BCUT2D eigenvalue weighted by Gasteiger charge is -2.14. The van der Waals surface area contributed by atoms with E-state index >= 15 is 0 Å². The van der Waals surface area contributed by atoms with E-state index in [9.17, 15) is 9.90 Å². The van der Waals surface area contributed by atoms with E-state index in [1.54, 1.807) is 6.92 Å². The second-order valence-corrected chi connectivity index (χ2v) is 4.34. The predicted molar refractivity (Wildman–Crippen MR) is 64.5 cm³/mol. The Morgan fingerprint density at radius 3 is 3.00 bits per heavy atom. The van der Waals surface area contributed by atoms with E-state index < -0.39 is 0 Å². The van der Waals surface area contributed by atoms with Gasteiger partial charge in [-0.15, -0.1) is 0 Å². The van der Waals surface area contributed by atoms with Crippen LogP contribution in [0.4, 0.5) is 0 Å². The summed E-state index contributed by atoms with van der Waals surface area (Å²) in [5, 5.41) is 9.64. The summed E-state index contributed by atoms with van der Waals surface area (Å²) in [6.07, 6.45) is 5.26. The molecule has 0 radical (unpaired) electrons. The smallest absolute Gasteiger partial charge is 0.330 e. The summed E-state index contributed by atoms with van der Waals surface area (Å²) in [6, 6.07) is 0. The normalized spacial score (nSPS) is 26.3. The standard InChI is InChI=1S/C13H22O4/c1-3-11(14)12-8-10(9-17-12)6-5-7-13(15)16-4-2/h5,7,10-12,14H,3-4,6,8-9H2,1-2H3/b7-5+/t10-,11+,12+/m1/s1. The van der Waals surface area contributed by atoms with Gasteiger partial charge in [-0.25, -0.2) is 4.79 Å². The highest BCUT2D eigenvalue weighted by Gasteiger charge is 2.29. The minimum atomic E-state index is -0.367. The van der Waals surface area contributed by atoms with Crippen LogP contribution < -0.4 is 0 Å². The Morgan fingerprint density at radius 1 is 1.59 bits per heavy atom. The van der Waals surface area contributed by atoms with E-state index in [2.05, 4.69) is 0 Å². The summed E-state index contributed by atoms with van der Waals surface area (Å²) < 4.78 is 10.3. The van der Waals surface area contributed by atoms with E-state index in [4.69, 9.17) is 9.47 Å². The number of hydrogen-bond acceptors (Lipinski definition) is 4. The predicted octanol–water partition coefficient (Wildman–Crippen LogP) is 1.67. The zero-order valence-corrected chi connectivity index (χ0v) is 10.6. The topological polar surface area (TPSA) is 55.8 Å². The quantitative estimate of drug-likeness (QED) is 0.568. The molecule has 0 amide bonds. The molecular formula is C13H22O4. The molecule has 0 aromatic carbocycles. The molecule has 98 valence electrons. The van der Waals surface area contributed by atoms with Crippen LogP contribution in [0.3, 0.4) is 0 Å². The number of carbonyl (C=O) groups excluding carboxylic acids is 1. The van der Waals surface area contributed by atoms with Crippen LogP contribution in [-0.4, -0.2) is 36.5 Å². The SMILES string of the molecule is CCOC(=O)/C=C/C[C@H]1CO[C@H]([C@@H](O)CC)C1. The van der Waals surface area contributed by atoms with Gasteiger partial charge < -0.3 is 14.6 Å². The monoisotopic (exact) mass is 242 g/mol. The van der Waals surface area contributed by atoms with Crippen molar-refractivity contribution in [3.05, 3.63) is 12.2 Å². The van der Waals surface area contributed by atoms with Crippen molar-refractivity contribution in [3.63, 3.8) is 0 Å². The van der Waals surface area contributed by atoms with Crippen LogP contribution in [0.5, 0.6) is 0 Å². The summed E-state index contributed by atoms with van der Waals surface area (Å²) in [7, 11) is 0. The molecule has 3 atom stereocenters. The van der Waals surface area contributed by atoms with E-state index in [1.165, 1.54) is 6.08 Å². The first-order valence-electron chi connectivity index (χ1n) is 6.30. The van der Waals surface area contributed by atoms with E-state index in [0.717, 1.165) is 19.3 Å². The molecule has 1 heterocycles. The second-order valence-electron chi connectivity index (χ2n) is 4.34. The summed E-state index contributed by atoms with van der Waals surface area (Å²) in [5.41, 5.74) is 0. The molecule has 0 aromatic rings. The largest absolute Gasteiger partial charge is 0.463 e. The fraction of sp³-hybridized carbons (Fsp3) is 0.769. The molecule has 1 saturated heterocycles. The van der Waals surface area contributed by atoms with Crippen LogP contribution in [0, 0.1) is 5.92 Å². The Morgan fingerprint density at radius 2 is 2.35 bits per heavy atom. The zero-order chi connectivity index (χ0) is 12.7. The van der Waals surface area contributed by atoms with Crippen molar-refractivity contribution in [2.75, 3.05) is 13.2 Å². The summed E-state index contributed by atoms with van der Waals surface area (Å²) in [4.78, 5) is 11.1. The maximum Gasteiger partial charge on any atom is 0.330 e. The van der Waals surface area contributed by atoms with Gasteiger partial charge in [0.15, 0.2) is 0 Å². The number of aliphatic hydroxyl groups is 1. The fourth-order valence-electron chi connectivity index (χ4n) is 1.97. The number of aliphatic hydroxyl groups excluding tert-OH is 1. The van der Waals surface area contributed by atoms with Crippen LogP contribution in [0.25, 0.3) is 0 Å². The molecule has 1 aliphatic heterocycles. The molecule has 17 heavy (non-hydrogen) atoms. The van der Waals surface area contributed by atoms with Gasteiger partial charge in [0, 0.05) is 6.08 Å². The van der Waals surface area contributed by atoms with Gasteiger partial charge in [-0.3, -0.25) is 0 Å². The van der Waals surface area contributed by atoms with Crippen LogP contribution in [0.2, 0.25) is 0 Å². The van der Waals surface area contributed by atoms with E-state index in [1.807, 2.05) is 13.0 Å². The molecule has 0 unspecified atom stereocenters. The lowest BCUT2D eigenvalue weighted by Crippen LogP contribution is -2.24. The van der Waals surface area contributed by atoms with Gasteiger partial charge in [-0.1, -0.05) is 13.0 Å². The molecule has 0 spiro atoms. The Balaban J connectivity index is 2.24. The highest BCUT2D eigenvalue weighted by molar-refractivity contribution is 5.81. The zero-order valence-electron chi connectivity index (χ0n) is 10.6. The minimum absolute atomic E-state index is 0.0407. The molecule has 0 saturated carbocycles. The van der Waals surface area contributed by atoms with Crippen molar-refractivity contribution in [1.29, 1.82) is 0 Å². The van der Waals surface area contributed by atoms with E-state index in [-0.39, 0.29) is 18.2 Å². The van der Waals surface area contributed by atoms with Gasteiger partial charge in [0.25, 0.3) is 0 Å².